The van der Waals surface area contributed by atoms with Crippen LogP contribution in [0.5, 0.6) is 0 Å². The molecule has 0 aliphatic carbocycles. The Kier molecular flexibility index (Phi) is 5.11. The molecule has 0 aromatic heterocycles. The second-order valence-electron chi connectivity index (χ2n) is 2.85. The second-order valence-corrected chi connectivity index (χ2v) is 3.70. The number of thiol groups is 1. The van der Waals surface area contributed by atoms with Crippen LogP contribution in [-0.2, 0) is 16.1 Å². The Morgan fingerprint density at radius 3 is 2.57 bits per heavy atom. The van der Waals surface area contributed by atoms with Crippen molar-refractivity contribution in [3.63, 3.8) is 0 Å². The molecule has 1 unspecified atom stereocenters. The maximum atomic E-state index is 10.1. The van der Waals surface area contributed by atoms with Crippen molar-refractivity contribution in [2.75, 3.05) is 13.2 Å². The van der Waals surface area contributed by atoms with Gasteiger partial charge in [-0.05, 0) is 17.7 Å². The van der Waals surface area contributed by atoms with E-state index in [-0.39, 0.29) is 17.9 Å². The Bertz CT molecular complexity index is 291. The number of nitrogens with two attached hydrogens (primary N) is 1. The fourth-order valence-corrected chi connectivity index (χ4v) is 1.52. The predicted molar refractivity (Wildman–Crippen MR) is 58.7 cm³/mol. The summed E-state index contributed by atoms with van der Waals surface area (Å²) in [6.45, 7) is 0.806. The molecule has 14 heavy (non-hydrogen) atoms. The van der Waals surface area contributed by atoms with Gasteiger partial charge in [-0.1, -0.05) is 23.7 Å². The molecule has 0 heterocycles. The molecule has 0 bridgehead atoms. The van der Waals surface area contributed by atoms with Crippen LogP contribution < -0.4 is 5.73 Å². The molecule has 78 valence electrons. The lowest BCUT2D eigenvalue weighted by Gasteiger charge is -2.12. The minimum absolute atomic E-state index is 0.0636. The standard InChI is InChI=1S/C9H12ClNO2S/c10-9-3-1-7(2-4-9)8(5-11)6-13-14-12/h1-4,8,14H,5-6,11H2. The van der Waals surface area contributed by atoms with Crippen molar-refractivity contribution in [2.24, 2.45) is 5.73 Å². The fraction of sp³-hybridized carbons (Fsp3) is 0.333. The van der Waals surface area contributed by atoms with Gasteiger partial charge in [0.15, 0.2) is 0 Å². The van der Waals surface area contributed by atoms with Gasteiger partial charge >= 0.3 is 0 Å². The fourth-order valence-electron chi connectivity index (χ4n) is 1.16. The van der Waals surface area contributed by atoms with Gasteiger partial charge in [-0.15, -0.1) is 0 Å². The van der Waals surface area contributed by atoms with Crippen LogP contribution in [0.4, 0.5) is 0 Å². The first-order chi connectivity index (χ1) is 6.77. The van der Waals surface area contributed by atoms with E-state index in [0.717, 1.165) is 5.56 Å². The highest BCUT2D eigenvalue weighted by Crippen LogP contribution is 2.17. The van der Waals surface area contributed by atoms with Gasteiger partial charge in [0.05, 0.1) is 6.61 Å². The topological polar surface area (TPSA) is 52.3 Å². The van der Waals surface area contributed by atoms with Crippen molar-refractivity contribution >= 4 is 23.5 Å². The predicted octanol–water partition coefficient (Wildman–Crippen LogP) is 1.26. The van der Waals surface area contributed by atoms with Crippen LogP contribution in [0.15, 0.2) is 24.3 Å². The van der Waals surface area contributed by atoms with Gasteiger partial charge < -0.3 is 5.73 Å². The third kappa shape index (κ3) is 3.38. The molecule has 1 aromatic rings. The average Bonchev–Trinajstić information content (AvgIpc) is 2.21. The third-order valence-electron chi connectivity index (χ3n) is 1.95. The molecule has 0 saturated heterocycles. The lowest BCUT2D eigenvalue weighted by molar-refractivity contribution is 0.327. The Balaban J connectivity index is 2.68. The summed E-state index contributed by atoms with van der Waals surface area (Å²) >= 11 is 5.44. The van der Waals surface area contributed by atoms with Gasteiger partial charge in [-0.3, -0.25) is 4.18 Å². The molecule has 0 amide bonds. The Labute approximate surface area is 91.9 Å². The van der Waals surface area contributed by atoms with Crippen molar-refractivity contribution in [1.82, 2.24) is 0 Å². The first-order valence-electron chi connectivity index (χ1n) is 4.18. The molecule has 1 rings (SSSR count). The SMILES string of the molecule is NCC(CO[SH]=O)c1ccc(Cl)cc1. The number of rotatable bonds is 5. The molecule has 1 atom stereocenters. The zero-order valence-corrected chi connectivity index (χ0v) is 9.17. The van der Waals surface area contributed by atoms with E-state index in [9.17, 15) is 4.21 Å². The molecular weight excluding hydrogens is 222 g/mol. The summed E-state index contributed by atoms with van der Waals surface area (Å²) in [5, 5.41) is 0.687. The first-order valence-corrected chi connectivity index (χ1v) is 5.29. The zero-order chi connectivity index (χ0) is 10.4. The van der Waals surface area contributed by atoms with Crippen molar-refractivity contribution in [1.29, 1.82) is 0 Å². The van der Waals surface area contributed by atoms with Gasteiger partial charge in [0.25, 0.3) is 0 Å². The van der Waals surface area contributed by atoms with Crippen LogP contribution >= 0.6 is 11.6 Å². The average molecular weight is 234 g/mol. The molecular formula is C9H12ClNO2S. The number of hydrogen-bond donors (Lipinski definition) is 2. The molecule has 0 spiro atoms. The number of hydrogen-bond acceptors (Lipinski definition) is 3. The van der Waals surface area contributed by atoms with E-state index in [1.807, 2.05) is 12.1 Å². The molecule has 2 N–H and O–H groups in total. The van der Waals surface area contributed by atoms with Crippen LogP contribution in [0.25, 0.3) is 0 Å². The van der Waals surface area contributed by atoms with E-state index in [1.54, 1.807) is 12.1 Å². The van der Waals surface area contributed by atoms with Crippen LogP contribution in [0, 0.1) is 0 Å². The van der Waals surface area contributed by atoms with Crippen molar-refractivity contribution in [3.8, 4) is 0 Å². The molecule has 0 saturated carbocycles. The van der Waals surface area contributed by atoms with E-state index in [2.05, 4.69) is 0 Å². The minimum atomic E-state index is -0.312. The van der Waals surface area contributed by atoms with Crippen molar-refractivity contribution in [3.05, 3.63) is 34.9 Å². The highest BCUT2D eigenvalue weighted by molar-refractivity contribution is 7.60. The number of halogens is 1. The molecule has 0 fully saturated rings. The van der Waals surface area contributed by atoms with Gasteiger partial charge in [0.1, 0.15) is 11.9 Å². The quantitative estimate of drug-likeness (QED) is 0.753. The summed E-state index contributed by atoms with van der Waals surface area (Å²) in [5.41, 5.74) is 6.61. The molecule has 5 heteroatoms. The smallest absolute Gasteiger partial charge is 0.142 e. The summed E-state index contributed by atoms with van der Waals surface area (Å²) in [6.07, 6.45) is 0. The largest absolute Gasteiger partial charge is 0.330 e. The van der Waals surface area contributed by atoms with Gasteiger partial charge in [-0.2, -0.15) is 0 Å². The minimum Gasteiger partial charge on any atom is -0.330 e. The van der Waals surface area contributed by atoms with Gasteiger partial charge in [0.2, 0.25) is 0 Å². The highest BCUT2D eigenvalue weighted by atomic mass is 35.5. The lowest BCUT2D eigenvalue weighted by atomic mass is 10.0. The number of benzene rings is 1. The molecule has 0 radical (unpaired) electrons. The molecule has 1 aromatic carbocycles. The molecule has 0 aliphatic rings. The third-order valence-corrected chi connectivity index (χ3v) is 2.46. The van der Waals surface area contributed by atoms with Gasteiger partial charge in [-0.25, -0.2) is 4.21 Å². The van der Waals surface area contributed by atoms with Crippen LogP contribution in [0.1, 0.15) is 11.5 Å². The second kappa shape index (κ2) is 6.14. The van der Waals surface area contributed by atoms with E-state index in [1.165, 1.54) is 0 Å². The molecule has 0 aliphatic heterocycles. The van der Waals surface area contributed by atoms with Gasteiger partial charge in [0, 0.05) is 17.5 Å². The van der Waals surface area contributed by atoms with Crippen LogP contribution in [-0.4, -0.2) is 17.4 Å². The maximum absolute atomic E-state index is 10.1. The zero-order valence-electron chi connectivity index (χ0n) is 7.52. The van der Waals surface area contributed by atoms with Crippen LogP contribution in [0.2, 0.25) is 5.02 Å². The monoisotopic (exact) mass is 233 g/mol. The Morgan fingerprint density at radius 2 is 2.07 bits per heavy atom. The summed E-state index contributed by atoms with van der Waals surface area (Å²) < 4.78 is 14.9. The van der Waals surface area contributed by atoms with E-state index >= 15 is 0 Å². The van der Waals surface area contributed by atoms with E-state index in [4.69, 9.17) is 21.5 Å². The Morgan fingerprint density at radius 1 is 1.43 bits per heavy atom. The van der Waals surface area contributed by atoms with Crippen LogP contribution in [0.3, 0.4) is 0 Å². The summed E-state index contributed by atoms with van der Waals surface area (Å²) in [5.74, 6) is 0.0636. The Hall–Kier alpha value is -0.420. The van der Waals surface area contributed by atoms with E-state index in [0.29, 0.717) is 18.2 Å². The summed E-state index contributed by atoms with van der Waals surface area (Å²) in [4.78, 5) is 0. The van der Waals surface area contributed by atoms with Crippen molar-refractivity contribution in [2.45, 2.75) is 5.92 Å². The summed E-state index contributed by atoms with van der Waals surface area (Å²) in [7, 11) is 0. The first kappa shape index (κ1) is 11.7. The molecule has 3 nitrogen and oxygen atoms in total. The lowest BCUT2D eigenvalue weighted by Crippen LogP contribution is -2.17. The summed E-state index contributed by atoms with van der Waals surface area (Å²) in [6, 6.07) is 7.39. The van der Waals surface area contributed by atoms with E-state index < -0.39 is 0 Å². The normalized spacial score (nSPS) is 12.7. The maximum Gasteiger partial charge on any atom is 0.142 e. The highest BCUT2D eigenvalue weighted by Gasteiger charge is 2.09. The van der Waals surface area contributed by atoms with Crippen molar-refractivity contribution < 1.29 is 8.39 Å².